The second-order valence-electron chi connectivity index (χ2n) is 5.22. The highest BCUT2D eigenvalue weighted by molar-refractivity contribution is 5.74. The van der Waals surface area contributed by atoms with E-state index in [9.17, 15) is 4.79 Å². The fourth-order valence-electron chi connectivity index (χ4n) is 2.34. The first kappa shape index (κ1) is 14.3. The molecule has 17 heavy (non-hydrogen) atoms. The molecule has 0 radical (unpaired) electrons. The van der Waals surface area contributed by atoms with Crippen molar-refractivity contribution >= 4 is 6.03 Å². The van der Waals surface area contributed by atoms with Crippen LogP contribution in [-0.4, -0.2) is 36.6 Å². The molecule has 1 aliphatic heterocycles. The first-order valence-corrected chi connectivity index (χ1v) is 6.92. The molecule has 3 N–H and O–H groups in total. The van der Waals surface area contributed by atoms with Gasteiger partial charge in [0.15, 0.2) is 0 Å². The van der Waals surface area contributed by atoms with Crippen LogP contribution >= 0.6 is 0 Å². The van der Waals surface area contributed by atoms with Gasteiger partial charge in [-0.3, -0.25) is 0 Å². The number of carbonyl (C=O) groups is 1. The molecule has 4 nitrogen and oxygen atoms in total. The Labute approximate surface area is 105 Å². The van der Waals surface area contributed by atoms with Gasteiger partial charge in [-0.05, 0) is 25.2 Å². The van der Waals surface area contributed by atoms with E-state index in [2.05, 4.69) is 19.2 Å². The molecule has 0 aliphatic carbocycles. The van der Waals surface area contributed by atoms with E-state index in [0.29, 0.717) is 12.5 Å². The van der Waals surface area contributed by atoms with Gasteiger partial charge in [-0.25, -0.2) is 4.79 Å². The minimum atomic E-state index is 0.0723. The van der Waals surface area contributed by atoms with Gasteiger partial charge in [0.05, 0.1) is 0 Å². The quantitative estimate of drug-likeness (QED) is 0.773. The van der Waals surface area contributed by atoms with Gasteiger partial charge in [-0.1, -0.05) is 26.7 Å². The van der Waals surface area contributed by atoms with Crippen LogP contribution in [-0.2, 0) is 0 Å². The van der Waals surface area contributed by atoms with Gasteiger partial charge in [0.1, 0.15) is 0 Å². The van der Waals surface area contributed by atoms with Crippen LogP contribution in [0.4, 0.5) is 4.79 Å². The van der Waals surface area contributed by atoms with Crippen LogP contribution in [0, 0.1) is 5.92 Å². The Balaban J connectivity index is 2.35. The number of hydrogen-bond donors (Lipinski definition) is 2. The Morgan fingerprint density at radius 1 is 1.59 bits per heavy atom. The molecule has 1 aliphatic rings. The van der Waals surface area contributed by atoms with Gasteiger partial charge in [-0.2, -0.15) is 0 Å². The summed E-state index contributed by atoms with van der Waals surface area (Å²) < 4.78 is 0. The highest BCUT2D eigenvalue weighted by Gasteiger charge is 2.22. The van der Waals surface area contributed by atoms with Crippen LogP contribution in [0.15, 0.2) is 0 Å². The normalized spacial score (nSPS) is 22.3. The number of nitrogens with one attached hydrogen (secondary N) is 1. The fraction of sp³-hybridized carbons (Fsp3) is 0.923. The van der Waals surface area contributed by atoms with Crippen molar-refractivity contribution in [3.05, 3.63) is 0 Å². The van der Waals surface area contributed by atoms with Gasteiger partial charge < -0.3 is 16.0 Å². The number of hydrogen-bond acceptors (Lipinski definition) is 2. The molecule has 0 spiro atoms. The average molecular weight is 241 g/mol. The predicted octanol–water partition coefficient (Wildman–Crippen LogP) is 1.95. The summed E-state index contributed by atoms with van der Waals surface area (Å²) in [4.78, 5) is 14.0. The molecule has 2 unspecified atom stereocenters. The monoisotopic (exact) mass is 241 g/mol. The van der Waals surface area contributed by atoms with Crippen LogP contribution in [0.3, 0.4) is 0 Å². The number of nitrogens with zero attached hydrogens (tertiary/aromatic N) is 1. The summed E-state index contributed by atoms with van der Waals surface area (Å²) in [7, 11) is 0. The first-order valence-electron chi connectivity index (χ1n) is 6.92. The maximum atomic E-state index is 12.0. The van der Waals surface area contributed by atoms with Crippen molar-refractivity contribution < 1.29 is 4.79 Å². The van der Waals surface area contributed by atoms with E-state index >= 15 is 0 Å². The van der Waals surface area contributed by atoms with E-state index in [0.717, 1.165) is 38.8 Å². The molecule has 0 bridgehead atoms. The maximum absolute atomic E-state index is 12.0. The van der Waals surface area contributed by atoms with E-state index < -0.39 is 0 Å². The van der Waals surface area contributed by atoms with Crippen molar-refractivity contribution in [2.24, 2.45) is 11.7 Å². The third kappa shape index (κ3) is 4.94. The van der Waals surface area contributed by atoms with E-state index in [1.807, 2.05) is 4.90 Å². The topological polar surface area (TPSA) is 58.4 Å². The molecule has 0 aromatic heterocycles. The molecule has 4 heteroatoms. The number of unbranched alkanes of at least 4 members (excludes halogenated alkanes) is 1. The maximum Gasteiger partial charge on any atom is 0.317 e. The van der Waals surface area contributed by atoms with Crippen LogP contribution in [0.25, 0.3) is 0 Å². The van der Waals surface area contributed by atoms with Crippen molar-refractivity contribution in [3.8, 4) is 0 Å². The smallest absolute Gasteiger partial charge is 0.317 e. The molecule has 1 fully saturated rings. The van der Waals surface area contributed by atoms with Crippen molar-refractivity contribution in [2.45, 2.75) is 52.0 Å². The van der Waals surface area contributed by atoms with E-state index in [-0.39, 0.29) is 12.1 Å². The number of rotatable bonds is 5. The Morgan fingerprint density at radius 3 is 2.94 bits per heavy atom. The second kappa shape index (κ2) is 7.54. The SMILES string of the molecule is CCCCC(CN)NC(=O)N1CCCC(C)C1. The number of nitrogens with two attached hydrogens (primary N) is 1. The van der Waals surface area contributed by atoms with Crippen LogP contribution in [0.2, 0.25) is 0 Å². The molecule has 0 aromatic rings. The molecule has 2 atom stereocenters. The van der Waals surface area contributed by atoms with Gasteiger partial charge in [0.25, 0.3) is 0 Å². The Kier molecular flexibility index (Phi) is 6.34. The largest absolute Gasteiger partial charge is 0.334 e. The van der Waals surface area contributed by atoms with Gasteiger partial charge in [0.2, 0.25) is 0 Å². The number of piperidine rings is 1. The number of urea groups is 1. The zero-order valence-corrected chi connectivity index (χ0v) is 11.2. The molecule has 2 amide bonds. The Hall–Kier alpha value is -0.770. The summed E-state index contributed by atoms with van der Waals surface area (Å²) in [5.41, 5.74) is 5.69. The summed E-state index contributed by atoms with van der Waals surface area (Å²) in [5, 5.41) is 3.05. The number of likely N-dealkylation sites (tertiary alicyclic amines) is 1. The standard InChI is InChI=1S/C13H27N3O/c1-3-4-7-12(9-14)15-13(17)16-8-5-6-11(2)10-16/h11-12H,3-10,14H2,1-2H3,(H,15,17). The molecule has 100 valence electrons. The third-order valence-corrected chi connectivity index (χ3v) is 3.46. The van der Waals surface area contributed by atoms with Crippen molar-refractivity contribution in [2.75, 3.05) is 19.6 Å². The zero-order valence-electron chi connectivity index (χ0n) is 11.2. The van der Waals surface area contributed by atoms with Crippen molar-refractivity contribution in [3.63, 3.8) is 0 Å². The van der Waals surface area contributed by atoms with Crippen LogP contribution in [0.5, 0.6) is 0 Å². The van der Waals surface area contributed by atoms with Crippen LogP contribution in [0.1, 0.15) is 46.0 Å². The third-order valence-electron chi connectivity index (χ3n) is 3.46. The van der Waals surface area contributed by atoms with Gasteiger partial charge in [-0.15, -0.1) is 0 Å². The molecule has 0 aromatic carbocycles. The molecule has 0 saturated carbocycles. The molecule has 1 rings (SSSR count). The summed E-state index contributed by atoms with van der Waals surface area (Å²) in [5.74, 6) is 0.626. The zero-order chi connectivity index (χ0) is 12.7. The number of amides is 2. The lowest BCUT2D eigenvalue weighted by atomic mass is 10.0. The van der Waals surface area contributed by atoms with E-state index in [1.165, 1.54) is 6.42 Å². The lowest BCUT2D eigenvalue weighted by Gasteiger charge is -2.32. The summed E-state index contributed by atoms with van der Waals surface area (Å²) >= 11 is 0. The first-order chi connectivity index (χ1) is 8.17. The predicted molar refractivity (Wildman–Crippen MR) is 70.9 cm³/mol. The molecule has 1 heterocycles. The molecular formula is C13H27N3O. The minimum Gasteiger partial charge on any atom is -0.334 e. The lowest BCUT2D eigenvalue weighted by molar-refractivity contribution is 0.166. The van der Waals surface area contributed by atoms with Crippen molar-refractivity contribution in [1.29, 1.82) is 0 Å². The minimum absolute atomic E-state index is 0.0723. The Bertz CT molecular complexity index is 233. The summed E-state index contributed by atoms with van der Waals surface area (Å²) in [6.07, 6.45) is 5.62. The molecular weight excluding hydrogens is 214 g/mol. The average Bonchev–Trinajstić information content (AvgIpc) is 2.34. The Morgan fingerprint density at radius 2 is 2.35 bits per heavy atom. The fourth-order valence-corrected chi connectivity index (χ4v) is 2.34. The number of carbonyl (C=O) groups excluding carboxylic acids is 1. The highest BCUT2D eigenvalue weighted by atomic mass is 16.2. The summed E-state index contributed by atoms with van der Waals surface area (Å²) in [6, 6.07) is 0.211. The second-order valence-corrected chi connectivity index (χ2v) is 5.22. The lowest BCUT2D eigenvalue weighted by Crippen LogP contribution is -2.50. The summed E-state index contributed by atoms with van der Waals surface area (Å²) in [6.45, 7) is 6.67. The van der Waals surface area contributed by atoms with E-state index in [1.54, 1.807) is 0 Å². The highest BCUT2D eigenvalue weighted by Crippen LogP contribution is 2.15. The molecule has 1 saturated heterocycles. The van der Waals surface area contributed by atoms with Crippen molar-refractivity contribution in [1.82, 2.24) is 10.2 Å². The van der Waals surface area contributed by atoms with Crippen LogP contribution < -0.4 is 11.1 Å². The van der Waals surface area contributed by atoms with E-state index in [4.69, 9.17) is 5.73 Å². The van der Waals surface area contributed by atoms with Gasteiger partial charge >= 0.3 is 6.03 Å². The van der Waals surface area contributed by atoms with Gasteiger partial charge in [0, 0.05) is 25.7 Å².